The zero-order chi connectivity index (χ0) is 13.2. The van der Waals surface area contributed by atoms with Crippen LogP contribution in [0.2, 0.25) is 0 Å². The molecule has 0 radical (unpaired) electrons. The van der Waals surface area contributed by atoms with E-state index >= 15 is 0 Å². The zero-order valence-corrected chi connectivity index (χ0v) is 11.3. The second-order valence-corrected chi connectivity index (χ2v) is 5.47. The van der Waals surface area contributed by atoms with Crippen LogP contribution < -0.4 is 5.73 Å². The minimum atomic E-state index is -0.540. The highest BCUT2D eigenvalue weighted by Crippen LogP contribution is 2.40. The van der Waals surface area contributed by atoms with Crippen molar-refractivity contribution in [3.05, 3.63) is 34.9 Å². The van der Waals surface area contributed by atoms with Crippen LogP contribution in [0, 0.1) is 19.3 Å². The van der Waals surface area contributed by atoms with Crippen LogP contribution in [-0.2, 0) is 4.74 Å². The van der Waals surface area contributed by atoms with Crippen molar-refractivity contribution in [2.24, 2.45) is 11.1 Å². The SMILES string of the molecule is Cc1ccc(C(O)C2(CN)CCCOC2)cc1C. The third-order valence-corrected chi connectivity index (χ3v) is 4.19. The Morgan fingerprint density at radius 1 is 1.39 bits per heavy atom. The molecule has 1 aromatic rings. The minimum Gasteiger partial charge on any atom is -0.388 e. The second-order valence-electron chi connectivity index (χ2n) is 5.47. The molecule has 1 fully saturated rings. The van der Waals surface area contributed by atoms with E-state index in [2.05, 4.69) is 26.0 Å². The van der Waals surface area contributed by atoms with Crippen molar-refractivity contribution in [1.29, 1.82) is 0 Å². The van der Waals surface area contributed by atoms with E-state index < -0.39 is 6.10 Å². The van der Waals surface area contributed by atoms with Crippen molar-refractivity contribution in [3.63, 3.8) is 0 Å². The fourth-order valence-electron chi connectivity index (χ4n) is 2.65. The van der Waals surface area contributed by atoms with Crippen LogP contribution in [0.4, 0.5) is 0 Å². The molecule has 100 valence electrons. The molecular weight excluding hydrogens is 226 g/mol. The zero-order valence-electron chi connectivity index (χ0n) is 11.3. The first-order valence-corrected chi connectivity index (χ1v) is 6.62. The van der Waals surface area contributed by atoms with E-state index in [-0.39, 0.29) is 5.41 Å². The van der Waals surface area contributed by atoms with Gasteiger partial charge in [0.15, 0.2) is 0 Å². The predicted molar refractivity (Wildman–Crippen MR) is 72.4 cm³/mol. The van der Waals surface area contributed by atoms with Crippen molar-refractivity contribution in [2.75, 3.05) is 19.8 Å². The Morgan fingerprint density at radius 2 is 2.17 bits per heavy atom. The van der Waals surface area contributed by atoms with Crippen LogP contribution in [0.5, 0.6) is 0 Å². The predicted octanol–water partition coefficient (Wildman–Crippen LogP) is 2.09. The number of benzene rings is 1. The average molecular weight is 249 g/mol. The van der Waals surface area contributed by atoms with Gasteiger partial charge in [0.05, 0.1) is 12.7 Å². The van der Waals surface area contributed by atoms with Crippen LogP contribution in [0.3, 0.4) is 0 Å². The lowest BCUT2D eigenvalue weighted by atomic mass is 9.74. The van der Waals surface area contributed by atoms with E-state index in [1.54, 1.807) is 0 Å². The van der Waals surface area contributed by atoms with E-state index in [9.17, 15) is 5.11 Å². The summed E-state index contributed by atoms with van der Waals surface area (Å²) in [4.78, 5) is 0. The quantitative estimate of drug-likeness (QED) is 0.862. The maximum atomic E-state index is 10.7. The van der Waals surface area contributed by atoms with Gasteiger partial charge in [-0.15, -0.1) is 0 Å². The Morgan fingerprint density at radius 3 is 2.72 bits per heavy atom. The molecule has 0 bridgehead atoms. The van der Waals surface area contributed by atoms with Crippen molar-refractivity contribution in [2.45, 2.75) is 32.8 Å². The summed E-state index contributed by atoms with van der Waals surface area (Å²) >= 11 is 0. The molecule has 0 spiro atoms. The van der Waals surface area contributed by atoms with Crippen LogP contribution in [0.25, 0.3) is 0 Å². The summed E-state index contributed by atoms with van der Waals surface area (Å²) in [6, 6.07) is 6.12. The Hall–Kier alpha value is -0.900. The molecule has 1 aliphatic heterocycles. The summed E-state index contributed by atoms with van der Waals surface area (Å²) in [5, 5.41) is 10.7. The molecule has 3 heteroatoms. The molecule has 0 amide bonds. The smallest absolute Gasteiger partial charge is 0.0880 e. The maximum absolute atomic E-state index is 10.7. The molecule has 2 unspecified atom stereocenters. The topological polar surface area (TPSA) is 55.5 Å². The molecule has 0 aromatic heterocycles. The van der Waals surface area contributed by atoms with Gasteiger partial charge < -0.3 is 15.6 Å². The largest absolute Gasteiger partial charge is 0.388 e. The van der Waals surface area contributed by atoms with Gasteiger partial charge in [0.1, 0.15) is 0 Å². The summed E-state index contributed by atoms with van der Waals surface area (Å²) in [6.07, 6.45) is 1.36. The highest BCUT2D eigenvalue weighted by atomic mass is 16.5. The highest BCUT2D eigenvalue weighted by Gasteiger charge is 2.39. The molecule has 3 nitrogen and oxygen atoms in total. The molecule has 0 saturated carbocycles. The molecule has 1 saturated heterocycles. The lowest BCUT2D eigenvalue weighted by Gasteiger charge is -2.40. The second kappa shape index (κ2) is 5.39. The first-order chi connectivity index (χ1) is 8.59. The lowest BCUT2D eigenvalue weighted by Crippen LogP contribution is -2.43. The van der Waals surface area contributed by atoms with Crippen molar-refractivity contribution in [3.8, 4) is 0 Å². The number of aliphatic hydroxyl groups is 1. The number of aliphatic hydroxyl groups excluding tert-OH is 1. The molecule has 0 aliphatic carbocycles. The van der Waals surface area contributed by atoms with Gasteiger partial charge in [0.25, 0.3) is 0 Å². The van der Waals surface area contributed by atoms with Gasteiger partial charge in [0.2, 0.25) is 0 Å². The molecule has 2 rings (SSSR count). The Kier molecular flexibility index (Phi) is 4.05. The summed E-state index contributed by atoms with van der Waals surface area (Å²) in [5.74, 6) is 0. The standard InChI is InChI=1S/C15H23NO2/c1-11-4-5-13(8-12(11)2)14(17)15(9-16)6-3-7-18-10-15/h4-5,8,14,17H,3,6-7,9-10,16H2,1-2H3. The van der Waals surface area contributed by atoms with Crippen LogP contribution in [0.15, 0.2) is 18.2 Å². The van der Waals surface area contributed by atoms with E-state index in [4.69, 9.17) is 10.5 Å². The number of aryl methyl sites for hydroxylation is 2. The molecule has 3 N–H and O–H groups in total. The van der Waals surface area contributed by atoms with Crippen LogP contribution >= 0.6 is 0 Å². The number of hydrogen-bond acceptors (Lipinski definition) is 3. The molecule has 2 atom stereocenters. The fourth-order valence-corrected chi connectivity index (χ4v) is 2.65. The van der Waals surface area contributed by atoms with Gasteiger partial charge in [-0.1, -0.05) is 18.2 Å². The molecular formula is C15H23NO2. The Balaban J connectivity index is 2.27. The average Bonchev–Trinajstić information content (AvgIpc) is 2.42. The summed E-state index contributed by atoms with van der Waals surface area (Å²) < 4.78 is 5.53. The van der Waals surface area contributed by atoms with E-state index in [0.717, 1.165) is 25.0 Å². The van der Waals surface area contributed by atoms with Gasteiger partial charge in [-0.3, -0.25) is 0 Å². The van der Waals surface area contributed by atoms with Gasteiger partial charge in [-0.2, -0.15) is 0 Å². The van der Waals surface area contributed by atoms with Gasteiger partial charge in [0, 0.05) is 18.6 Å². The molecule has 18 heavy (non-hydrogen) atoms. The lowest BCUT2D eigenvalue weighted by molar-refractivity contribution is -0.0782. The minimum absolute atomic E-state index is 0.319. The van der Waals surface area contributed by atoms with Crippen molar-refractivity contribution >= 4 is 0 Å². The van der Waals surface area contributed by atoms with Crippen LogP contribution in [-0.4, -0.2) is 24.9 Å². The van der Waals surface area contributed by atoms with Gasteiger partial charge >= 0.3 is 0 Å². The van der Waals surface area contributed by atoms with E-state index in [1.807, 2.05) is 6.07 Å². The number of hydrogen-bond donors (Lipinski definition) is 2. The van der Waals surface area contributed by atoms with E-state index in [1.165, 1.54) is 11.1 Å². The van der Waals surface area contributed by atoms with Crippen molar-refractivity contribution in [1.82, 2.24) is 0 Å². The number of ether oxygens (including phenoxy) is 1. The first kappa shape index (κ1) is 13.5. The Labute approximate surface area is 109 Å². The summed E-state index contributed by atoms with van der Waals surface area (Å²) in [6.45, 7) is 5.94. The third kappa shape index (κ3) is 2.44. The fraction of sp³-hybridized carbons (Fsp3) is 0.600. The van der Waals surface area contributed by atoms with Crippen molar-refractivity contribution < 1.29 is 9.84 Å². The maximum Gasteiger partial charge on any atom is 0.0880 e. The van der Waals surface area contributed by atoms with Gasteiger partial charge in [-0.05, 0) is 43.4 Å². The first-order valence-electron chi connectivity index (χ1n) is 6.62. The normalized spacial score (nSPS) is 26.0. The monoisotopic (exact) mass is 249 g/mol. The van der Waals surface area contributed by atoms with Gasteiger partial charge in [-0.25, -0.2) is 0 Å². The highest BCUT2D eigenvalue weighted by molar-refractivity contribution is 5.32. The summed E-state index contributed by atoms with van der Waals surface area (Å²) in [7, 11) is 0. The molecule has 1 heterocycles. The van der Waals surface area contributed by atoms with Crippen LogP contribution in [0.1, 0.15) is 35.6 Å². The number of nitrogens with two attached hydrogens (primary N) is 1. The molecule has 1 aliphatic rings. The molecule has 1 aromatic carbocycles. The van der Waals surface area contributed by atoms with E-state index in [0.29, 0.717) is 13.2 Å². The third-order valence-electron chi connectivity index (χ3n) is 4.19. The Bertz CT molecular complexity index is 411. The number of rotatable bonds is 3. The summed E-state index contributed by atoms with van der Waals surface area (Å²) in [5.41, 5.74) is 8.99.